The molecule has 2 rings (SSSR count). The van der Waals surface area contributed by atoms with Crippen LogP contribution in [-0.2, 0) is 20.1 Å². The second kappa shape index (κ2) is 9.85. The van der Waals surface area contributed by atoms with E-state index in [0.717, 1.165) is 4.31 Å². The molecule has 0 aliphatic carbocycles. The Morgan fingerprint density at radius 1 is 0.966 bits per heavy atom. The lowest BCUT2D eigenvalue weighted by molar-refractivity contribution is 0.476. The number of sulfonamides is 1. The summed E-state index contributed by atoms with van der Waals surface area (Å²) in [6.07, 6.45) is 0.634. The second-order valence-electron chi connectivity index (χ2n) is 6.34. The number of nitrogens with zero attached hydrogens (tertiary/aromatic N) is 1. The predicted molar refractivity (Wildman–Crippen MR) is 117 cm³/mol. The Bertz CT molecular complexity index is 1060. The van der Waals surface area contributed by atoms with E-state index in [1.807, 2.05) is 0 Å². The standard InChI is InChI=1S/C18H20Cl3NO5S2/c1-2-15(4-3-11-28(23,24)25)22(18-12-14(20)7-10-17(18)21)29(26,27)16-8-5-13(19)6-9-16/h5-10,12,15H,2-4,11H2,1H3,(H,23,24,25)/t15-/m1/s1. The second-order valence-corrected chi connectivity index (χ2v) is 11.0. The van der Waals surface area contributed by atoms with E-state index < -0.39 is 31.9 Å². The van der Waals surface area contributed by atoms with Crippen LogP contribution in [0.1, 0.15) is 26.2 Å². The summed E-state index contributed by atoms with van der Waals surface area (Å²) in [5, 5.41) is 0.866. The molecule has 6 nitrogen and oxygen atoms in total. The highest BCUT2D eigenvalue weighted by molar-refractivity contribution is 7.92. The van der Waals surface area contributed by atoms with Crippen molar-refractivity contribution in [3.63, 3.8) is 0 Å². The van der Waals surface area contributed by atoms with Crippen LogP contribution in [0.2, 0.25) is 15.1 Å². The van der Waals surface area contributed by atoms with E-state index >= 15 is 0 Å². The molecule has 11 heteroatoms. The Morgan fingerprint density at radius 2 is 1.55 bits per heavy atom. The Hall–Kier alpha value is -1.03. The van der Waals surface area contributed by atoms with Gasteiger partial charge in [-0.05, 0) is 61.7 Å². The molecule has 0 aliphatic heterocycles. The van der Waals surface area contributed by atoms with Crippen molar-refractivity contribution in [1.29, 1.82) is 0 Å². The van der Waals surface area contributed by atoms with Crippen LogP contribution < -0.4 is 4.31 Å². The SMILES string of the molecule is CC[C@H](CCCS(=O)(=O)O)N(c1cc(Cl)ccc1Cl)S(=O)(=O)c1ccc(Cl)cc1. The lowest BCUT2D eigenvalue weighted by Gasteiger charge is -2.33. The molecule has 0 spiro atoms. The summed E-state index contributed by atoms with van der Waals surface area (Å²) in [7, 11) is -8.22. The normalized spacial score (nSPS) is 13.3. The van der Waals surface area contributed by atoms with Crippen molar-refractivity contribution in [2.45, 2.75) is 37.1 Å². The minimum absolute atomic E-state index is 0.00571. The van der Waals surface area contributed by atoms with Crippen LogP contribution in [-0.4, -0.2) is 33.2 Å². The van der Waals surface area contributed by atoms with E-state index in [-0.39, 0.29) is 28.4 Å². The highest BCUT2D eigenvalue weighted by Gasteiger charge is 2.32. The summed E-state index contributed by atoms with van der Waals surface area (Å²) in [5.41, 5.74) is 0.188. The van der Waals surface area contributed by atoms with Gasteiger partial charge < -0.3 is 0 Å². The fraction of sp³-hybridized carbons (Fsp3) is 0.333. The van der Waals surface area contributed by atoms with Gasteiger partial charge in [-0.3, -0.25) is 8.86 Å². The van der Waals surface area contributed by atoms with Gasteiger partial charge in [0.25, 0.3) is 20.1 Å². The molecule has 1 atom stereocenters. The highest BCUT2D eigenvalue weighted by atomic mass is 35.5. The Kier molecular flexibility index (Phi) is 8.23. The number of anilines is 1. The zero-order valence-electron chi connectivity index (χ0n) is 15.4. The zero-order valence-corrected chi connectivity index (χ0v) is 19.3. The van der Waals surface area contributed by atoms with Crippen LogP contribution in [0.5, 0.6) is 0 Å². The Balaban J connectivity index is 2.55. The van der Waals surface area contributed by atoms with Crippen LogP contribution in [0.15, 0.2) is 47.4 Å². The van der Waals surface area contributed by atoms with Gasteiger partial charge >= 0.3 is 0 Å². The first-order valence-corrected chi connectivity index (χ1v) is 12.8. The van der Waals surface area contributed by atoms with Crippen molar-refractivity contribution in [3.05, 3.63) is 57.5 Å². The average Bonchev–Trinajstić information content (AvgIpc) is 2.62. The highest BCUT2D eigenvalue weighted by Crippen LogP contribution is 2.36. The van der Waals surface area contributed by atoms with E-state index in [0.29, 0.717) is 16.5 Å². The molecular formula is C18H20Cl3NO5S2. The molecule has 160 valence electrons. The molecule has 0 bridgehead atoms. The molecule has 0 saturated heterocycles. The number of halogens is 3. The number of rotatable bonds is 9. The molecule has 29 heavy (non-hydrogen) atoms. The molecule has 2 aromatic carbocycles. The van der Waals surface area contributed by atoms with E-state index in [1.54, 1.807) is 13.0 Å². The Morgan fingerprint density at radius 3 is 2.10 bits per heavy atom. The van der Waals surface area contributed by atoms with Gasteiger partial charge in [0, 0.05) is 16.1 Å². The van der Waals surface area contributed by atoms with E-state index in [9.17, 15) is 16.8 Å². The topological polar surface area (TPSA) is 91.8 Å². The van der Waals surface area contributed by atoms with Crippen molar-refractivity contribution in [2.24, 2.45) is 0 Å². The number of hydrogen-bond acceptors (Lipinski definition) is 4. The monoisotopic (exact) mass is 499 g/mol. The molecule has 1 N–H and O–H groups in total. The summed E-state index contributed by atoms with van der Waals surface area (Å²) in [6, 6.07) is 9.56. The molecule has 2 aromatic rings. The molecule has 0 heterocycles. The maximum atomic E-state index is 13.5. The smallest absolute Gasteiger partial charge is 0.264 e. The summed E-state index contributed by atoms with van der Waals surface area (Å²) in [5.74, 6) is -0.471. The van der Waals surface area contributed by atoms with Crippen molar-refractivity contribution < 1.29 is 21.4 Å². The van der Waals surface area contributed by atoms with Gasteiger partial charge in [0.2, 0.25) is 0 Å². The third-order valence-electron chi connectivity index (χ3n) is 4.26. The van der Waals surface area contributed by atoms with Gasteiger partial charge in [-0.2, -0.15) is 8.42 Å². The quantitative estimate of drug-likeness (QED) is 0.472. The van der Waals surface area contributed by atoms with Gasteiger partial charge in [-0.1, -0.05) is 41.7 Å². The van der Waals surface area contributed by atoms with Gasteiger partial charge in [-0.15, -0.1) is 0 Å². The zero-order chi connectivity index (χ0) is 21.8. The predicted octanol–water partition coefficient (Wildman–Crippen LogP) is 5.29. The van der Waals surface area contributed by atoms with Crippen LogP contribution in [0.25, 0.3) is 0 Å². The molecule has 0 radical (unpaired) electrons. The third kappa shape index (κ3) is 6.47. The summed E-state index contributed by atoms with van der Waals surface area (Å²) < 4.78 is 59.2. The minimum Gasteiger partial charge on any atom is -0.286 e. The fourth-order valence-corrected chi connectivity index (χ4v) is 5.73. The molecular weight excluding hydrogens is 481 g/mol. The number of hydrogen-bond donors (Lipinski definition) is 1. The lowest BCUT2D eigenvalue weighted by atomic mass is 10.1. The molecule has 0 fully saturated rings. The first kappa shape index (κ1) is 24.2. The van der Waals surface area contributed by atoms with Crippen molar-refractivity contribution in [2.75, 3.05) is 10.1 Å². The molecule has 0 aromatic heterocycles. The molecule has 0 aliphatic rings. The minimum atomic E-state index is -4.16. The van der Waals surface area contributed by atoms with Crippen LogP contribution >= 0.6 is 34.8 Å². The van der Waals surface area contributed by atoms with Crippen LogP contribution in [0.4, 0.5) is 5.69 Å². The first-order valence-electron chi connectivity index (χ1n) is 8.66. The Labute approximate surface area is 186 Å². The number of benzene rings is 2. The van der Waals surface area contributed by atoms with E-state index in [2.05, 4.69) is 0 Å². The van der Waals surface area contributed by atoms with E-state index in [4.69, 9.17) is 39.4 Å². The summed E-state index contributed by atoms with van der Waals surface area (Å²) in [6.45, 7) is 1.78. The van der Waals surface area contributed by atoms with E-state index in [1.165, 1.54) is 36.4 Å². The molecule has 0 unspecified atom stereocenters. The van der Waals surface area contributed by atoms with Crippen molar-refractivity contribution in [3.8, 4) is 0 Å². The fourth-order valence-electron chi connectivity index (χ4n) is 2.89. The molecule has 0 amide bonds. The molecule has 0 saturated carbocycles. The average molecular weight is 501 g/mol. The lowest BCUT2D eigenvalue weighted by Crippen LogP contribution is -2.40. The van der Waals surface area contributed by atoms with Gasteiger partial charge in [0.1, 0.15) is 0 Å². The summed E-state index contributed by atoms with van der Waals surface area (Å²) >= 11 is 18.3. The first-order chi connectivity index (χ1) is 13.5. The third-order valence-corrected chi connectivity index (χ3v) is 7.75. The van der Waals surface area contributed by atoms with Gasteiger partial charge in [0.15, 0.2) is 0 Å². The van der Waals surface area contributed by atoms with Crippen molar-refractivity contribution in [1.82, 2.24) is 0 Å². The van der Waals surface area contributed by atoms with Gasteiger partial charge in [-0.25, -0.2) is 8.42 Å². The maximum absolute atomic E-state index is 13.5. The van der Waals surface area contributed by atoms with Crippen molar-refractivity contribution >= 4 is 60.6 Å². The van der Waals surface area contributed by atoms with Crippen LogP contribution in [0, 0.1) is 0 Å². The summed E-state index contributed by atoms with van der Waals surface area (Å²) in [4.78, 5) is 0.00571. The van der Waals surface area contributed by atoms with Crippen LogP contribution in [0.3, 0.4) is 0 Å². The maximum Gasteiger partial charge on any atom is 0.264 e. The largest absolute Gasteiger partial charge is 0.286 e. The van der Waals surface area contributed by atoms with Gasteiger partial charge in [0.05, 0.1) is 21.4 Å².